The SMILES string of the molecule is CSc1ccc(Nc2nc[nH]c(=O)c2Cl)cc1. The molecular weight excluding hydrogens is 258 g/mol. The Hall–Kier alpha value is -1.46. The van der Waals surface area contributed by atoms with Gasteiger partial charge in [-0.05, 0) is 30.5 Å². The van der Waals surface area contributed by atoms with Crippen molar-refractivity contribution in [3.05, 3.63) is 46.0 Å². The van der Waals surface area contributed by atoms with Crippen LogP contribution >= 0.6 is 23.4 Å². The van der Waals surface area contributed by atoms with E-state index in [1.807, 2.05) is 30.5 Å². The van der Waals surface area contributed by atoms with Crippen LogP contribution in [0.3, 0.4) is 0 Å². The summed E-state index contributed by atoms with van der Waals surface area (Å²) in [5.41, 5.74) is 0.479. The van der Waals surface area contributed by atoms with Crippen molar-refractivity contribution in [2.75, 3.05) is 11.6 Å². The molecule has 1 heterocycles. The Bertz CT molecular complexity index is 568. The molecular formula is C11H10ClN3OS. The Morgan fingerprint density at radius 2 is 2.06 bits per heavy atom. The third-order valence-corrected chi connectivity index (χ3v) is 3.24. The van der Waals surface area contributed by atoms with Crippen LogP contribution in [0, 0.1) is 0 Å². The maximum absolute atomic E-state index is 11.3. The Morgan fingerprint density at radius 3 is 2.71 bits per heavy atom. The van der Waals surface area contributed by atoms with Crippen LogP contribution in [0.4, 0.5) is 11.5 Å². The molecule has 1 aromatic heterocycles. The molecule has 0 saturated heterocycles. The lowest BCUT2D eigenvalue weighted by atomic mass is 10.3. The fraction of sp³-hybridized carbons (Fsp3) is 0.0909. The second kappa shape index (κ2) is 5.25. The normalized spacial score (nSPS) is 10.2. The number of nitrogens with zero attached hydrogens (tertiary/aromatic N) is 1. The highest BCUT2D eigenvalue weighted by molar-refractivity contribution is 7.98. The molecule has 0 amide bonds. The molecule has 4 nitrogen and oxygen atoms in total. The highest BCUT2D eigenvalue weighted by atomic mass is 35.5. The summed E-state index contributed by atoms with van der Waals surface area (Å²) in [5.74, 6) is 0.354. The summed E-state index contributed by atoms with van der Waals surface area (Å²) in [4.78, 5) is 18.8. The molecule has 0 fully saturated rings. The van der Waals surface area contributed by atoms with Crippen LogP contribution in [0.1, 0.15) is 0 Å². The lowest BCUT2D eigenvalue weighted by Crippen LogP contribution is -2.09. The van der Waals surface area contributed by atoms with Crippen LogP contribution in [0.2, 0.25) is 5.02 Å². The van der Waals surface area contributed by atoms with Crippen LogP contribution in [0.25, 0.3) is 0 Å². The molecule has 0 aliphatic carbocycles. The molecule has 0 spiro atoms. The number of halogens is 1. The summed E-state index contributed by atoms with van der Waals surface area (Å²) < 4.78 is 0. The molecule has 0 atom stereocenters. The van der Waals surface area contributed by atoms with E-state index >= 15 is 0 Å². The van der Waals surface area contributed by atoms with E-state index in [1.165, 1.54) is 11.2 Å². The number of hydrogen-bond acceptors (Lipinski definition) is 4. The van der Waals surface area contributed by atoms with Gasteiger partial charge in [-0.3, -0.25) is 4.79 Å². The molecule has 6 heteroatoms. The van der Waals surface area contributed by atoms with Crippen LogP contribution in [-0.2, 0) is 0 Å². The summed E-state index contributed by atoms with van der Waals surface area (Å²) in [7, 11) is 0. The predicted molar refractivity (Wildman–Crippen MR) is 71.4 cm³/mol. The quantitative estimate of drug-likeness (QED) is 0.840. The van der Waals surface area contributed by atoms with Crippen molar-refractivity contribution < 1.29 is 0 Å². The van der Waals surface area contributed by atoms with E-state index < -0.39 is 0 Å². The summed E-state index contributed by atoms with van der Waals surface area (Å²) >= 11 is 7.49. The van der Waals surface area contributed by atoms with E-state index in [4.69, 9.17) is 11.6 Å². The number of rotatable bonds is 3. The molecule has 0 radical (unpaired) electrons. The van der Waals surface area contributed by atoms with Crippen molar-refractivity contribution in [3.8, 4) is 0 Å². The zero-order valence-electron chi connectivity index (χ0n) is 9.03. The number of hydrogen-bond donors (Lipinski definition) is 2. The molecule has 2 N–H and O–H groups in total. The monoisotopic (exact) mass is 267 g/mol. The van der Waals surface area contributed by atoms with E-state index in [0.29, 0.717) is 5.82 Å². The predicted octanol–water partition coefficient (Wildman–Crippen LogP) is 2.89. The third kappa shape index (κ3) is 2.81. The highest BCUT2D eigenvalue weighted by Gasteiger charge is 2.05. The van der Waals surface area contributed by atoms with Gasteiger partial charge in [-0.2, -0.15) is 0 Å². The summed E-state index contributed by atoms with van der Waals surface area (Å²) in [6.45, 7) is 0. The van der Waals surface area contributed by atoms with E-state index in [1.54, 1.807) is 11.8 Å². The molecule has 2 aromatic rings. The second-order valence-electron chi connectivity index (χ2n) is 3.25. The molecule has 17 heavy (non-hydrogen) atoms. The standard InChI is InChI=1S/C11H10ClN3OS/c1-17-8-4-2-7(3-5-8)15-10-9(12)11(16)14-6-13-10/h2-6H,1H3,(H2,13,14,15,16). The van der Waals surface area contributed by atoms with Gasteiger partial charge >= 0.3 is 0 Å². The van der Waals surface area contributed by atoms with Gasteiger partial charge in [0.2, 0.25) is 0 Å². The maximum atomic E-state index is 11.3. The van der Waals surface area contributed by atoms with Crippen LogP contribution in [0.5, 0.6) is 0 Å². The summed E-state index contributed by atoms with van der Waals surface area (Å²) in [5, 5.41) is 3.05. The van der Waals surface area contributed by atoms with Crippen molar-refractivity contribution in [3.63, 3.8) is 0 Å². The fourth-order valence-electron chi connectivity index (χ4n) is 1.28. The minimum absolute atomic E-state index is 0.0569. The number of aromatic nitrogens is 2. The van der Waals surface area contributed by atoms with Crippen molar-refractivity contribution in [1.29, 1.82) is 0 Å². The van der Waals surface area contributed by atoms with Crippen molar-refractivity contribution in [2.45, 2.75) is 4.90 Å². The van der Waals surface area contributed by atoms with Crippen LogP contribution < -0.4 is 10.9 Å². The summed E-state index contributed by atoms with van der Waals surface area (Å²) in [6, 6.07) is 7.78. The van der Waals surface area contributed by atoms with Gasteiger partial charge in [-0.25, -0.2) is 4.98 Å². The van der Waals surface area contributed by atoms with E-state index in [9.17, 15) is 4.79 Å². The number of aromatic amines is 1. The van der Waals surface area contributed by atoms with Gasteiger partial charge in [-0.1, -0.05) is 11.6 Å². The first kappa shape index (κ1) is 12.0. The Kier molecular flexibility index (Phi) is 3.71. The van der Waals surface area contributed by atoms with Crippen molar-refractivity contribution in [2.24, 2.45) is 0 Å². The maximum Gasteiger partial charge on any atom is 0.271 e. The average molecular weight is 268 g/mol. The third-order valence-electron chi connectivity index (χ3n) is 2.15. The average Bonchev–Trinajstić information content (AvgIpc) is 2.36. The van der Waals surface area contributed by atoms with Crippen LogP contribution in [0.15, 0.2) is 40.3 Å². The number of H-pyrrole nitrogens is 1. The zero-order valence-corrected chi connectivity index (χ0v) is 10.6. The minimum Gasteiger partial charge on any atom is -0.339 e. The van der Waals surface area contributed by atoms with Gasteiger partial charge in [-0.15, -0.1) is 11.8 Å². The van der Waals surface area contributed by atoms with Gasteiger partial charge in [0.15, 0.2) is 5.82 Å². The van der Waals surface area contributed by atoms with E-state index in [2.05, 4.69) is 15.3 Å². The first-order valence-electron chi connectivity index (χ1n) is 4.85. The number of benzene rings is 1. The lowest BCUT2D eigenvalue weighted by Gasteiger charge is -2.06. The first-order valence-corrected chi connectivity index (χ1v) is 6.45. The van der Waals surface area contributed by atoms with E-state index in [-0.39, 0.29) is 10.6 Å². The Labute approximate surface area is 107 Å². The first-order chi connectivity index (χ1) is 8.20. The highest BCUT2D eigenvalue weighted by Crippen LogP contribution is 2.22. The lowest BCUT2D eigenvalue weighted by molar-refractivity contribution is 1.12. The molecule has 1 aromatic carbocycles. The molecule has 0 unspecified atom stereocenters. The van der Waals surface area contributed by atoms with E-state index in [0.717, 1.165) is 5.69 Å². The number of nitrogens with one attached hydrogen (secondary N) is 2. The van der Waals surface area contributed by atoms with Gasteiger partial charge in [0.1, 0.15) is 5.02 Å². The summed E-state index contributed by atoms with van der Waals surface area (Å²) in [6.07, 6.45) is 3.32. The number of thioether (sulfide) groups is 1. The molecule has 2 rings (SSSR count). The van der Waals surface area contributed by atoms with Gasteiger partial charge < -0.3 is 10.3 Å². The fourth-order valence-corrected chi connectivity index (χ4v) is 1.84. The van der Waals surface area contributed by atoms with Crippen LogP contribution in [-0.4, -0.2) is 16.2 Å². The Balaban J connectivity index is 2.25. The molecule has 0 aliphatic rings. The van der Waals surface area contributed by atoms with Gasteiger partial charge in [0, 0.05) is 10.6 Å². The second-order valence-corrected chi connectivity index (χ2v) is 4.51. The Morgan fingerprint density at radius 1 is 1.35 bits per heavy atom. The minimum atomic E-state index is -0.357. The molecule has 0 bridgehead atoms. The van der Waals surface area contributed by atoms with Gasteiger partial charge in [0.25, 0.3) is 5.56 Å². The molecule has 88 valence electrons. The molecule has 0 aliphatic heterocycles. The molecule has 0 saturated carbocycles. The smallest absolute Gasteiger partial charge is 0.271 e. The van der Waals surface area contributed by atoms with Gasteiger partial charge in [0.05, 0.1) is 6.33 Å². The van der Waals surface area contributed by atoms with Crippen molar-refractivity contribution >= 4 is 34.9 Å². The largest absolute Gasteiger partial charge is 0.339 e. The van der Waals surface area contributed by atoms with Crippen molar-refractivity contribution in [1.82, 2.24) is 9.97 Å². The topological polar surface area (TPSA) is 57.8 Å². The number of anilines is 2. The zero-order chi connectivity index (χ0) is 12.3.